The van der Waals surface area contributed by atoms with Crippen LogP contribution in [-0.2, 0) is 19.7 Å². The van der Waals surface area contributed by atoms with Crippen molar-refractivity contribution >= 4 is 18.0 Å². The number of nitrogens with zero attached hydrogens (tertiary/aromatic N) is 1. The van der Waals surface area contributed by atoms with Crippen molar-refractivity contribution in [2.75, 3.05) is 26.2 Å². The van der Waals surface area contributed by atoms with Gasteiger partial charge in [-0.1, -0.05) is 24.3 Å². The molecule has 1 aromatic carbocycles. The molecule has 2 amide bonds. The maximum Gasteiger partial charge on any atom is 0.407 e. The highest BCUT2D eigenvalue weighted by Gasteiger charge is 2.57. The number of benzene rings is 1. The van der Waals surface area contributed by atoms with Gasteiger partial charge in [-0.15, -0.1) is 0 Å². The first kappa shape index (κ1) is 18.8. The van der Waals surface area contributed by atoms with Gasteiger partial charge in [0.2, 0.25) is 5.91 Å². The van der Waals surface area contributed by atoms with Crippen LogP contribution in [0.4, 0.5) is 4.79 Å². The fourth-order valence-electron chi connectivity index (χ4n) is 4.58. The van der Waals surface area contributed by atoms with Crippen LogP contribution in [0.3, 0.4) is 0 Å². The molecular formula is C21H26N2O5. The fourth-order valence-corrected chi connectivity index (χ4v) is 4.58. The number of carboxylic acids is 1. The predicted molar refractivity (Wildman–Crippen MR) is 101 cm³/mol. The zero-order chi connectivity index (χ0) is 20.1. The summed E-state index contributed by atoms with van der Waals surface area (Å²) in [4.78, 5) is 37.5. The molecule has 2 heterocycles. The standard InChI is InChI=1S/C21H26N2O5/c1-21(2,19(25)26)14-5-3-4-12(8-14)17-15-10-23(11-16(15)17)18(24)13-6-7-28-20(27)22-9-13/h3-5,8,13,15-17H,6-7,9-11H2,1-2H3,(H,22,27)(H,25,26)/t13-,15-,16+,17?/m1/s1. The Balaban J connectivity index is 1.39. The number of carbonyl (C=O) groups excluding carboxylic acids is 2. The lowest BCUT2D eigenvalue weighted by Gasteiger charge is -2.25. The summed E-state index contributed by atoms with van der Waals surface area (Å²) < 4.78 is 4.94. The average Bonchev–Trinajstić information content (AvgIpc) is 3.26. The Morgan fingerprint density at radius 1 is 1.25 bits per heavy atom. The van der Waals surface area contributed by atoms with Crippen LogP contribution in [-0.4, -0.2) is 54.2 Å². The number of piperidine rings is 1. The van der Waals surface area contributed by atoms with Crippen molar-refractivity contribution < 1.29 is 24.2 Å². The number of carboxylic acid groups (broad SMARTS) is 1. The number of likely N-dealkylation sites (tertiary alicyclic amines) is 1. The van der Waals surface area contributed by atoms with Gasteiger partial charge in [0.1, 0.15) is 0 Å². The fraction of sp³-hybridized carbons (Fsp3) is 0.571. The first-order chi connectivity index (χ1) is 13.3. The second-order valence-electron chi connectivity index (χ2n) is 8.65. The van der Waals surface area contributed by atoms with Gasteiger partial charge < -0.3 is 20.1 Å². The van der Waals surface area contributed by atoms with Gasteiger partial charge in [-0.3, -0.25) is 9.59 Å². The van der Waals surface area contributed by atoms with Crippen molar-refractivity contribution in [2.45, 2.75) is 31.6 Å². The van der Waals surface area contributed by atoms with Crippen LogP contribution in [0.25, 0.3) is 0 Å². The van der Waals surface area contributed by atoms with Gasteiger partial charge >= 0.3 is 12.1 Å². The molecule has 2 saturated heterocycles. The van der Waals surface area contributed by atoms with Crippen molar-refractivity contribution in [3.05, 3.63) is 35.4 Å². The quantitative estimate of drug-likeness (QED) is 0.825. The summed E-state index contributed by atoms with van der Waals surface area (Å²) in [7, 11) is 0. The lowest BCUT2D eigenvalue weighted by atomic mass is 9.83. The summed E-state index contributed by atoms with van der Waals surface area (Å²) >= 11 is 0. The number of alkyl carbamates (subject to hydrolysis) is 1. The van der Waals surface area contributed by atoms with E-state index in [1.165, 1.54) is 5.56 Å². The van der Waals surface area contributed by atoms with Gasteiger partial charge in [0, 0.05) is 19.6 Å². The number of carbonyl (C=O) groups is 3. The van der Waals surface area contributed by atoms with Gasteiger partial charge in [-0.25, -0.2) is 4.79 Å². The molecule has 1 saturated carbocycles. The number of aliphatic carboxylic acids is 1. The molecule has 1 aliphatic carbocycles. The van der Waals surface area contributed by atoms with E-state index in [2.05, 4.69) is 11.4 Å². The van der Waals surface area contributed by atoms with Gasteiger partial charge in [0.05, 0.1) is 17.9 Å². The van der Waals surface area contributed by atoms with E-state index in [1.54, 1.807) is 13.8 Å². The zero-order valence-electron chi connectivity index (χ0n) is 16.2. The minimum absolute atomic E-state index is 0.0949. The van der Waals surface area contributed by atoms with E-state index in [4.69, 9.17) is 4.74 Å². The van der Waals surface area contributed by atoms with E-state index in [0.717, 1.165) is 18.7 Å². The molecule has 1 unspecified atom stereocenters. The predicted octanol–water partition coefficient (Wildman–Crippen LogP) is 1.97. The molecule has 2 aliphatic heterocycles. The largest absolute Gasteiger partial charge is 0.481 e. The number of ether oxygens (including phenoxy) is 1. The molecule has 4 rings (SSSR count). The molecule has 4 atom stereocenters. The second-order valence-corrected chi connectivity index (χ2v) is 8.65. The van der Waals surface area contributed by atoms with Crippen molar-refractivity contribution in [1.82, 2.24) is 10.2 Å². The monoisotopic (exact) mass is 386 g/mol. The number of nitrogens with one attached hydrogen (secondary N) is 1. The lowest BCUT2D eigenvalue weighted by Crippen LogP contribution is -2.40. The Morgan fingerprint density at radius 2 is 1.96 bits per heavy atom. The molecule has 28 heavy (non-hydrogen) atoms. The summed E-state index contributed by atoms with van der Waals surface area (Å²) in [5, 5.41) is 12.1. The van der Waals surface area contributed by atoms with Gasteiger partial charge in [-0.05, 0) is 49.1 Å². The smallest absolute Gasteiger partial charge is 0.407 e. The van der Waals surface area contributed by atoms with Crippen LogP contribution in [0.5, 0.6) is 0 Å². The Hall–Kier alpha value is -2.57. The topological polar surface area (TPSA) is 95.9 Å². The Morgan fingerprint density at radius 3 is 2.64 bits per heavy atom. The van der Waals surface area contributed by atoms with Crippen LogP contribution in [0.2, 0.25) is 0 Å². The first-order valence-electron chi connectivity index (χ1n) is 9.82. The molecule has 0 aromatic heterocycles. The summed E-state index contributed by atoms with van der Waals surface area (Å²) in [5.74, 6) is 0.301. The summed E-state index contributed by atoms with van der Waals surface area (Å²) in [6.07, 6.45) is 0.0999. The Labute approximate surface area is 164 Å². The van der Waals surface area contributed by atoms with Crippen molar-refractivity contribution in [2.24, 2.45) is 17.8 Å². The second kappa shape index (κ2) is 6.79. The highest BCUT2D eigenvalue weighted by molar-refractivity contribution is 5.81. The van der Waals surface area contributed by atoms with E-state index in [1.807, 2.05) is 23.1 Å². The molecule has 2 N–H and O–H groups in total. The zero-order valence-corrected chi connectivity index (χ0v) is 16.2. The lowest BCUT2D eigenvalue weighted by molar-refractivity contribution is -0.142. The maximum atomic E-state index is 12.8. The molecule has 150 valence electrons. The maximum absolute atomic E-state index is 12.8. The Kier molecular flexibility index (Phi) is 4.56. The third-order valence-corrected chi connectivity index (χ3v) is 6.58. The SMILES string of the molecule is CC(C)(C(=O)O)c1cccc(C2[C@H]3CN(C(=O)[C@@H]4CCOC(=O)NC4)C[C@@H]23)c1. The molecule has 0 bridgehead atoms. The number of hydrogen-bond acceptors (Lipinski definition) is 4. The molecule has 0 radical (unpaired) electrons. The summed E-state index contributed by atoms with van der Waals surface area (Å²) in [6, 6.07) is 7.88. The molecule has 3 fully saturated rings. The van der Waals surface area contributed by atoms with Crippen LogP contribution < -0.4 is 5.32 Å². The molecular weight excluding hydrogens is 360 g/mol. The molecule has 7 heteroatoms. The number of cyclic esters (lactones) is 1. The minimum atomic E-state index is -0.923. The molecule has 3 aliphatic rings. The third kappa shape index (κ3) is 3.23. The number of rotatable bonds is 4. The first-order valence-corrected chi connectivity index (χ1v) is 9.82. The highest BCUT2D eigenvalue weighted by atomic mass is 16.5. The average molecular weight is 386 g/mol. The van der Waals surface area contributed by atoms with E-state index < -0.39 is 17.5 Å². The number of hydrogen-bond donors (Lipinski definition) is 2. The molecule has 7 nitrogen and oxygen atoms in total. The molecule has 0 spiro atoms. The van der Waals surface area contributed by atoms with Crippen molar-refractivity contribution in [1.29, 1.82) is 0 Å². The van der Waals surface area contributed by atoms with Gasteiger partial charge in [0.15, 0.2) is 0 Å². The Bertz CT molecular complexity index is 809. The van der Waals surface area contributed by atoms with E-state index in [9.17, 15) is 19.5 Å². The van der Waals surface area contributed by atoms with Crippen molar-refractivity contribution in [3.8, 4) is 0 Å². The normalized spacial score (nSPS) is 29.4. The van der Waals surface area contributed by atoms with Crippen LogP contribution in [0.15, 0.2) is 24.3 Å². The summed E-state index contributed by atoms with van der Waals surface area (Å²) in [6.45, 7) is 5.50. The number of fused-ring (bicyclic) bond motifs is 1. The van der Waals surface area contributed by atoms with Crippen LogP contribution >= 0.6 is 0 Å². The van der Waals surface area contributed by atoms with E-state index in [0.29, 0.717) is 30.7 Å². The highest BCUT2D eigenvalue weighted by Crippen LogP contribution is 2.58. The minimum Gasteiger partial charge on any atom is -0.481 e. The summed E-state index contributed by atoms with van der Waals surface area (Å²) in [5.41, 5.74) is 1.06. The van der Waals surface area contributed by atoms with Crippen molar-refractivity contribution in [3.63, 3.8) is 0 Å². The third-order valence-electron chi connectivity index (χ3n) is 6.58. The molecule has 1 aromatic rings. The van der Waals surface area contributed by atoms with Gasteiger partial charge in [0.25, 0.3) is 0 Å². The van der Waals surface area contributed by atoms with Crippen LogP contribution in [0.1, 0.15) is 37.3 Å². The van der Waals surface area contributed by atoms with E-state index in [-0.39, 0.29) is 18.4 Å². The number of amides is 2. The van der Waals surface area contributed by atoms with Gasteiger partial charge in [-0.2, -0.15) is 0 Å². The van der Waals surface area contributed by atoms with E-state index >= 15 is 0 Å². The van der Waals surface area contributed by atoms with Crippen LogP contribution in [0, 0.1) is 17.8 Å².